The van der Waals surface area contributed by atoms with Gasteiger partial charge in [-0.25, -0.2) is 13.1 Å². The van der Waals surface area contributed by atoms with Crippen molar-refractivity contribution in [2.45, 2.75) is 44.6 Å². The van der Waals surface area contributed by atoms with Crippen molar-refractivity contribution in [1.29, 1.82) is 0 Å². The summed E-state index contributed by atoms with van der Waals surface area (Å²) in [5, 5.41) is 2.97. The van der Waals surface area contributed by atoms with E-state index in [1.165, 1.54) is 0 Å². The first kappa shape index (κ1) is 18.2. The summed E-state index contributed by atoms with van der Waals surface area (Å²) in [6.45, 7) is 5.06. The van der Waals surface area contributed by atoms with Crippen molar-refractivity contribution in [1.82, 2.24) is 10.0 Å². The van der Waals surface area contributed by atoms with Crippen LogP contribution in [0.5, 0.6) is 0 Å². The molecule has 21 heavy (non-hydrogen) atoms. The first-order chi connectivity index (χ1) is 9.94. The van der Waals surface area contributed by atoms with E-state index in [0.29, 0.717) is 36.8 Å². The SMILES string of the molecule is CNCc1c(C)oc(C)c1S(=O)(=O)NCCCCCOC. The quantitative estimate of drug-likeness (QED) is 0.642. The maximum absolute atomic E-state index is 12.4. The van der Waals surface area contributed by atoms with Crippen LogP contribution in [0.15, 0.2) is 9.31 Å². The van der Waals surface area contributed by atoms with Crippen LogP contribution in [-0.2, 0) is 21.3 Å². The normalized spacial score (nSPS) is 12.0. The van der Waals surface area contributed by atoms with Gasteiger partial charge in [0.05, 0.1) is 0 Å². The Balaban J connectivity index is 2.70. The Bertz CT molecular complexity index is 537. The van der Waals surface area contributed by atoms with Gasteiger partial charge < -0.3 is 14.5 Å². The summed E-state index contributed by atoms with van der Waals surface area (Å²) in [5.74, 6) is 1.08. The lowest BCUT2D eigenvalue weighted by Gasteiger charge is -2.08. The van der Waals surface area contributed by atoms with E-state index in [2.05, 4.69) is 10.0 Å². The van der Waals surface area contributed by atoms with Crippen LogP contribution in [-0.4, -0.2) is 35.7 Å². The van der Waals surface area contributed by atoms with Crippen molar-refractivity contribution in [3.63, 3.8) is 0 Å². The molecule has 7 heteroatoms. The van der Waals surface area contributed by atoms with E-state index in [-0.39, 0.29) is 4.90 Å². The van der Waals surface area contributed by atoms with Crippen molar-refractivity contribution in [2.24, 2.45) is 0 Å². The van der Waals surface area contributed by atoms with E-state index in [0.717, 1.165) is 19.3 Å². The lowest BCUT2D eigenvalue weighted by Crippen LogP contribution is -2.26. The molecular weight excluding hydrogens is 292 g/mol. The molecule has 1 aromatic heterocycles. The highest BCUT2D eigenvalue weighted by Crippen LogP contribution is 2.26. The first-order valence-electron chi connectivity index (χ1n) is 7.16. The van der Waals surface area contributed by atoms with E-state index >= 15 is 0 Å². The number of nitrogens with one attached hydrogen (secondary N) is 2. The Hall–Kier alpha value is -0.890. The molecule has 1 aromatic rings. The second-order valence-corrected chi connectivity index (χ2v) is 6.71. The van der Waals surface area contributed by atoms with Crippen LogP contribution >= 0.6 is 0 Å². The Morgan fingerprint density at radius 3 is 2.48 bits per heavy atom. The van der Waals surface area contributed by atoms with Crippen molar-refractivity contribution >= 4 is 10.0 Å². The fourth-order valence-corrected chi connectivity index (χ4v) is 3.79. The van der Waals surface area contributed by atoms with Crippen LogP contribution in [0.2, 0.25) is 0 Å². The zero-order valence-corrected chi connectivity index (χ0v) is 14.1. The minimum absolute atomic E-state index is 0.270. The van der Waals surface area contributed by atoms with E-state index in [1.54, 1.807) is 28.0 Å². The number of aryl methyl sites for hydroxylation is 2. The highest BCUT2D eigenvalue weighted by atomic mass is 32.2. The van der Waals surface area contributed by atoms with E-state index in [9.17, 15) is 8.42 Å². The molecule has 0 spiro atoms. The van der Waals surface area contributed by atoms with Crippen molar-refractivity contribution in [3.8, 4) is 0 Å². The second-order valence-electron chi connectivity index (χ2n) is 5.00. The van der Waals surface area contributed by atoms with Crippen molar-refractivity contribution < 1.29 is 17.6 Å². The summed E-state index contributed by atoms with van der Waals surface area (Å²) in [5.41, 5.74) is 0.696. The fraction of sp³-hybridized carbons (Fsp3) is 0.714. The summed E-state index contributed by atoms with van der Waals surface area (Å²) < 4.78 is 37.9. The van der Waals surface area contributed by atoms with Gasteiger partial charge in [0.2, 0.25) is 10.0 Å². The van der Waals surface area contributed by atoms with Gasteiger partial charge in [-0.3, -0.25) is 0 Å². The summed E-state index contributed by atoms with van der Waals surface area (Å²) in [6, 6.07) is 0. The number of methoxy groups -OCH3 is 1. The molecule has 0 aliphatic heterocycles. The highest BCUT2D eigenvalue weighted by Gasteiger charge is 2.25. The maximum Gasteiger partial charge on any atom is 0.244 e. The standard InChI is InChI=1S/C14H26N2O4S/c1-11-13(10-15-3)14(12(2)20-11)21(17,18)16-8-6-5-7-9-19-4/h15-16H,5-10H2,1-4H3. The van der Waals surface area contributed by atoms with Gasteiger partial charge in [0.15, 0.2) is 0 Å². The molecule has 1 rings (SSSR count). The zero-order chi connectivity index (χ0) is 15.9. The number of unbranched alkanes of at least 4 members (excludes halogenated alkanes) is 2. The zero-order valence-electron chi connectivity index (χ0n) is 13.3. The van der Waals surface area contributed by atoms with Crippen LogP contribution in [0.3, 0.4) is 0 Å². The third-order valence-corrected chi connectivity index (χ3v) is 4.92. The molecule has 2 N–H and O–H groups in total. The fourth-order valence-electron chi connectivity index (χ4n) is 2.27. The number of furan rings is 1. The average molecular weight is 318 g/mol. The molecule has 0 saturated carbocycles. The molecule has 0 aliphatic rings. The van der Waals surface area contributed by atoms with Crippen LogP contribution in [0.25, 0.3) is 0 Å². The van der Waals surface area contributed by atoms with Crippen LogP contribution in [0.4, 0.5) is 0 Å². The van der Waals surface area contributed by atoms with E-state index in [4.69, 9.17) is 9.15 Å². The van der Waals surface area contributed by atoms with Crippen LogP contribution in [0, 0.1) is 13.8 Å². The Kier molecular flexibility index (Phi) is 7.37. The van der Waals surface area contributed by atoms with Gasteiger partial charge in [0, 0.05) is 32.4 Å². The maximum atomic E-state index is 12.4. The molecule has 0 radical (unpaired) electrons. The van der Waals surface area contributed by atoms with Crippen molar-refractivity contribution in [3.05, 3.63) is 17.1 Å². The Morgan fingerprint density at radius 2 is 1.86 bits per heavy atom. The summed E-state index contributed by atoms with van der Waals surface area (Å²) in [4.78, 5) is 0.270. The Labute approximate surface area is 127 Å². The molecule has 0 saturated heterocycles. The minimum atomic E-state index is -3.53. The van der Waals surface area contributed by atoms with Gasteiger partial charge in [-0.15, -0.1) is 0 Å². The third-order valence-electron chi connectivity index (χ3n) is 3.26. The molecule has 6 nitrogen and oxygen atoms in total. The lowest BCUT2D eigenvalue weighted by atomic mass is 10.2. The van der Waals surface area contributed by atoms with Crippen LogP contribution < -0.4 is 10.0 Å². The number of rotatable bonds is 10. The molecule has 122 valence electrons. The monoisotopic (exact) mass is 318 g/mol. The van der Waals surface area contributed by atoms with E-state index < -0.39 is 10.0 Å². The number of hydrogen-bond donors (Lipinski definition) is 2. The minimum Gasteiger partial charge on any atom is -0.465 e. The van der Waals surface area contributed by atoms with Gasteiger partial charge in [-0.1, -0.05) is 0 Å². The Morgan fingerprint density at radius 1 is 1.14 bits per heavy atom. The second kappa shape index (κ2) is 8.53. The van der Waals surface area contributed by atoms with Crippen LogP contribution in [0.1, 0.15) is 36.3 Å². The predicted octanol–water partition coefficient (Wildman–Crippen LogP) is 1.71. The average Bonchev–Trinajstić information content (AvgIpc) is 2.69. The van der Waals surface area contributed by atoms with Gasteiger partial charge in [0.25, 0.3) is 0 Å². The topological polar surface area (TPSA) is 80.6 Å². The summed E-state index contributed by atoms with van der Waals surface area (Å²) in [7, 11) is -0.0888. The van der Waals surface area contributed by atoms with E-state index in [1.807, 2.05) is 0 Å². The lowest BCUT2D eigenvalue weighted by molar-refractivity contribution is 0.192. The molecule has 0 amide bonds. The molecule has 0 bridgehead atoms. The van der Waals surface area contributed by atoms with Gasteiger partial charge in [-0.2, -0.15) is 0 Å². The first-order valence-corrected chi connectivity index (χ1v) is 8.64. The van der Waals surface area contributed by atoms with Gasteiger partial charge >= 0.3 is 0 Å². The smallest absolute Gasteiger partial charge is 0.244 e. The van der Waals surface area contributed by atoms with Gasteiger partial charge in [-0.05, 0) is 40.2 Å². The number of hydrogen-bond acceptors (Lipinski definition) is 5. The molecule has 0 aliphatic carbocycles. The highest BCUT2D eigenvalue weighted by molar-refractivity contribution is 7.89. The molecular formula is C14H26N2O4S. The molecule has 0 atom stereocenters. The largest absolute Gasteiger partial charge is 0.465 e. The molecule has 0 unspecified atom stereocenters. The molecule has 0 fully saturated rings. The molecule has 0 aromatic carbocycles. The van der Waals surface area contributed by atoms with Gasteiger partial charge in [0.1, 0.15) is 16.4 Å². The predicted molar refractivity (Wildman–Crippen MR) is 81.9 cm³/mol. The summed E-state index contributed by atoms with van der Waals surface area (Å²) >= 11 is 0. The van der Waals surface area contributed by atoms with Crippen molar-refractivity contribution in [2.75, 3.05) is 27.3 Å². The number of ether oxygens (including phenoxy) is 1. The molecule has 1 heterocycles. The summed E-state index contributed by atoms with van der Waals surface area (Å²) in [6.07, 6.45) is 2.66. The third kappa shape index (κ3) is 5.10. The number of sulfonamides is 1.